The zero-order valence-corrected chi connectivity index (χ0v) is 11.7. The summed E-state index contributed by atoms with van der Waals surface area (Å²) in [6, 6.07) is 2.09. The quantitative estimate of drug-likeness (QED) is 0.926. The first kappa shape index (κ1) is 14.9. The van der Waals surface area contributed by atoms with Crippen LogP contribution in [0.25, 0.3) is 0 Å². The highest BCUT2D eigenvalue weighted by atomic mass is 19.1. The normalized spacial score (nSPS) is 21.7. The summed E-state index contributed by atoms with van der Waals surface area (Å²) in [5, 5.41) is 9.08. The molecule has 2 rings (SSSR count). The molecule has 1 aliphatic rings. The van der Waals surface area contributed by atoms with Crippen LogP contribution in [0.15, 0.2) is 12.1 Å². The van der Waals surface area contributed by atoms with Gasteiger partial charge in [-0.2, -0.15) is 0 Å². The first-order valence-electron chi connectivity index (χ1n) is 6.82. The summed E-state index contributed by atoms with van der Waals surface area (Å²) >= 11 is 0. The van der Waals surface area contributed by atoms with Gasteiger partial charge in [0.05, 0.1) is 5.92 Å². The number of halogens is 2. The van der Waals surface area contributed by atoms with Crippen LogP contribution in [-0.4, -0.2) is 29.1 Å². The molecule has 3 nitrogen and oxygen atoms in total. The van der Waals surface area contributed by atoms with Gasteiger partial charge in [-0.15, -0.1) is 0 Å². The largest absolute Gasteiger partial charge is 0.481 e. The first-order valence-corrected chi connectivity index (χ1v) is 6.82. The number of carbonyl (C=O) groups is 1. The molecule has 0 saturated carbocycles. The van der Waals surface area contributed by atoms with Crippen LogP contribution < -0.4 is 0 Å². The molecule has 0 amide bonds. The van der Waals surface area contributed by atoms with Crippen LogP contribution in [0.1, 0.15) is 36.9 Å². The second-order valence-corrected chi connectivity index (χ2v) is 5.47. The highest BCUT2D eigenvalue weighted by Crippen LogP contribution is 2.29. The number of carboxylic acids is 1. The maximum Gasteiger partial charge on any atom is 0.307 e. The standard InChI is InChI=1S/C15H19F2NO2/c1-9-6-14(17)12(7-13(9)16)10(2)18-5-3-4-11(8-18)15(19)20/h6-7,10-11H,3-5,8H2,1-2H3,(H,19,20). The lowest BCUT2D eigenvalue weighted by molar-refractivity contribution is -0.143. The second kappa shape index (κ2) is 5.87. The van der Waals surface area contributed by atoms with Crippen LogP contribution >= 0.6 is 0 Å². The number of piperidine rings is 1. The van der Waals surface area contributed by atoms with Crippen LogP contribution in [0, 0.1) is 24.5 Å². The molecule has 1 saturated heterocycles. The maximum atomic E-state index is 14.0. The van der Waals surface area contributed by atoms with Crippen molar-refractivity contribution in [1.29, 1.82) is 0 Å². The van der Waals surface area contributed by atoms with Crippen LogP contribution in [0.4, 0.5) is 8.78 Å². The Morgan fingerprint density at radius 3 is 2.75 bits per heavy atom. The van der Waals surface area contributed by atoms with Crippen LogP contribution in [0.3, 0.4) is 0 Å². The molecular weight excluding hydrogens is 264 g/mol. The van der Waals surface area contributed by atoms with Crippen molar-refractivity contribution in [3.8, 4) is 0 Å². The van der Waals surface area contributed by atoms with Crippen molar-refractivity contribution >= 4 is 5.97 Å². The summed E-state index contributed by atoms with van der Waals surface area (Å²) in [4.78, 5) is 13.0. The third kappa shape index (κ3) is 2.98. The molecule has 1 fully saturated rings. The van der Waals surface area contributed by atoms with E-state index in [0.29, 0.717) is 25.1 Å². The number of aliphatic carboxylic acids is 1. The van der Waals surface area contributed by atoms with E-state index in [-0.39, 0.29) is 11.6 Å². The molecule has 1 aromatic carbocycles. The Hall–Kier alpha value is -1.49. The van der Waals surface area contributed by atoms with E-state index in [1.54, 1.807) is 6.92 Å². The summed E-state index contributed by atoms with van der Waals surface area (Å²) in [7, 11) is 0. The molecule has 5 heteroatoms. The van der Waals surface area contributed by atoms with Crippen molar-refractivity contribution in [2.45, 2.75) is 32.7 Å². The molecule has 0 spiro atoms. The average Bonchev–Trinajstić information content (AvgIpc) is 2.42. The predicted octanol–water partition coefficient (Wildman–Crippen LogP) is 3.13. The van der Waals surface area contributed by atoms with E-state index >= 15 is 0 Å². The van der Waals surface area contributed by atoms with Gasteiger partial charge >= 0.3 is 5.97 Å². The average molecular weight is 283 g/mol. The minimum Gasteiger partial charge on any atom is -0.481 e. The Morgan fingerprint density at radius 2 is 2.10 bits per heavy atom. The highest BCUT2D eigenvalue weighted by Gasteiger charge is 2.29. The van der Waals surface area contributed by atoms with Crippen molar-refractivity contribution in [2.24, 2.45) is 5.92 Å². The van der Waals surface area contributed by atoms with Gasteiger partial charge in [-0.3, -0.25) is 9.69 Å². The maximum absolute atomic E-state index is 14.0. The van der Waals surface area contributed by atoms with Crippen LogP contribution in [0.5, 0.6) is 0 Å². The zero-order valence-electron chi connectivity index (χ0n) is 11.7. The number of hydrogen-bond donors (Lipinski definition) is 1. The Bertz CT molecular complexity index is 519. The Labute approximate surface area is 117 Å². The molecule has 110 valence electrons. The molecular formula is C15H19F2NO2. The zero-order chi connectivity index (χ0) is 14.9. The molecule has 0 aliphatic carbocycles. The number of aryl methyl sites for hydroxylation is 1. The summed E-state index contributed by atoms with van der Waals surface area (Å²) < 4.78 is 27.6. The highest BCUT2D eigenvalue weighted by molar-refractivity contribution is 5.70. The summed E-state index contributed by atoms with van der Waals surface area (Å²) in [6.45, 7) is 4.40. The minimum atomic E-state index is -0.822. The molecule has 0 radical (unpaired) electrons. The number of benzene rings is 1. The Kier molecular flexibility index (Phi) is 4.38. The number of hydrogen-bond acceptors (Lipinski definition) is 2. The molecule has 0 aromatic heterocycles. The van der Waals surface area contributed by atoms with Crippen molar-refractivity contribution in [3.05, 3.63) is 34.9 Å². The lowest BCUT2D eigenvalue weighted by Gasteiger charge is -2.35. The lowest BCUT2D eigenvalue weighted by Crippen LogP contribution is -2.40. The van der Waals surface area contributed by atoms with Crippen molar-refractivity contribution < 1.29 is 18.7 Å². The van der Waals surface area contributed by atoms with Crippen molar-refractivity contribution in [2.75, 3.05) is 13.1 Å². The predicted molar refractivity (Wildman–Crippen MR) is 71.4 cm³/mol. The molecule has 2 atom stereocenters. The van der Waals surface area contributed by atoms with E-state index in [1.165, 1.54) is 19.1 Å². The van der Waals surface area contributed by atoms with Crippen LogP contribution in [0.2, 0.25) is 0 Å². The van der Waals surface area contributed by atoms with Gasteiger partial charge in [-0.1, -0.05) is 0 Å². The number of rotatable bonds is 3. The van der Waals surface area contributed by atoms with Gasteiger partial charge in [-0.25, -0.2) is 8.78 Å². The third-order valence-corrected chi connectivity index (χ3v) is 4.08. The monoisotopic (exact) mass is 283 g/mol. The third-order valence-electron chi connectivity index (χ3n) is 4.08. The van der Waals surface area contributed by atoms with Gasteiger partial charge < -0.3 is 5.11 Å². The van der Waals surface area contributed by atoms with E-state index in [4.69, 9.17) is 5.11 Å². The summed E-state index contributed by atoms with van der Waals surface area (Å²) in [6.07, 6.45) is 1.40. The van der Waals surface area contributed by atoms with Crippen molar-refractivity contribution in [3.63, 3.8) is 0 Å². The smallest absolute Gasteiger partial charge is 0.307 e. The molecule has 1 aromatic rings. The summed E-state index contributed by atoms with van der Waals surface area (Å²) in [5.41, 5.74) is 0.569. The Balaban J connectivity index is 2.20. The van der Waals surface area contributed by atoms with Crippen LogP contribution in [-0.2, 0) is 4.79 Å². The van der Waals surface area contributed by atoms with E-state index in [2.05, 4.69) is 0 Å². The topological polar surface area (TPSA) is 40.5 Å². The van der Waals surface area contributed by atoms with Gasteiger partial charge in [0.1, 0.15) is 11.6 Å². The number of nitrogens with zero attached hydrogens (tertiary/aromatic N) is 1. The van der Waals surface area contributed by atoms with E-state index in [9.17, 15) is 13.6 Å². The molecule has 20 heavy (non-hydrogen) atoms. The van der Waals surface area contributed by atoms with E-state index in [1.807, 2.05) is 4.90 Å². The Morgan fingerprint density at radius 1 is 1.40 bits per heavy atom. The number of carboxylic acid groups (broad SMARTS) is 1. The van der Waals surface area contributed by atoms with Gasteiger partial charge in [0.25, 0.3) is 0 Å². The number of likely N-dealkylation sites (tertiary alicyclic amines) is 1. The molecule has 2 unspecified atom stereocenters. The van der Waals surface area contributed by atoms with E-state index < -0.39 is 23.5 Å². The fraction of sp³-hybridized carbons (Fsp3) is 0.533. The van der Waals surface area contributed by atoms with Gasteiger partial charge in [-0.05, 0) is 50.9 Å². The minimum absolute atomic E-state index is 0.278. The molecule has 1 heterocycles. The first-order chi connectivity index (χ1) is 9.40. The van der Waals surface area contributed by atoms with E-state index in [0.717, 1.165) is 6.42 Å². The fourth-order valence-corrected chi connectivity index (χ4v) is 2.74. The van der Waals surface area contributed by atoms with Gasteiger partial charge in [0.15, 0.2) is 0 Å². The molecule has 1 N–H and O–H groups in total. The lowest BCUT2D eigenvalue weighted by atomic mass is 9.95. The molecule has 0 bridgehead atoms. The van der Waals surface area contributed by atoms with Gasteiger partial charge in [0, 0.05) is 18.2 Å². The SMILES string of the molecule is Cc1cc(F)c(C(C)N2CCCC(C(=O)O)C2)cc1F. The van der Waals surface area contributed by atoms with Crippen molar-refractivity contribution in [1.82, 2.24) is 4.90 Å². The molecule has 1 aliphatic heterocycles. The summed E-state index contributed by atoms with van der Waals surface area (Å²) in [5.74, 6) is -2.11. The second-order valence-electron chi connectivity index (χ2n) is 5.47. The fourth-order valence-electron chi connectivity index (χ4n) is 2.74. The van der Waals surface area contributed by atoms with Gasteiger partial charge in [0.2, 0.25) is 0 Å².